The third-order valence-electron chi connectivity index (χ3n) is 3.79. The summed E-state index contributed by atoms with van der Waals surface area (Å²) in [6, 6.07) is 10.5. The smallest absolute Gasteiger partial charge is 0.291 e. The number of para-hydroxylation sites is 1. The van der Waals surface area contributed by atoms with Crippen molar-refractivity contribution in [2.24, 2.45) is 0 Å². The molecule has 4 rings (SSSR count). The Bertz CT molecular complexity index is 1250. The molecule has 1 aromatic carbocycles. The van der Waals surface area contributed by atoms with Gasteiger partial charge in [0.05, 0.1) is 22.2 Å². The molecule has 12 heteroatoms. The maximum Gasteiger partial charge on any atom is 0.291 e. The summed E-state index contributed by atoms with van der Waals surface area (Å²) < 4.78 is 5.93. The van der Waals surface area contributed by atoms with Crippen molar-refractivity contribution in [3.05, 3.63) is 58.8 Å². The monoisotopic (exact) mass is 442 g/mol. The molecular formula is C18H14N6O4S2. The van der Waals surface area contributed by atoms with E-state index in [1.54, 1.807) is 6.07 Å². The number of amides is 2. The lowest BCUT2D eigenvalue weighted by molar-refractivity contribution is -0.113. The SMILES string of the molecule is Nc1nc(SCC(=O)Nc2nc3ccccc3s2)[nH]c(=O)c1NC(=O)c1ccco1. The predicted octanol–water partition coefficient (Wildman–Crippen LogP) is 2.54. The van der Waals surface area contributed by atoms with E-state index in [1.807, 2.05) is 24.3 Å². The van der Waals surface area contributed by atoms with Crippen molar-refractivity contribution in [1.82, 2.24) is 15.0 Å². The minimum atomic E-state index is -0.642. The van der Waals surface area contributed by atoms with Crippen LogP contribution in [0.5, 0.6) is 0 Å². The average Bonchev–Trinajstić information content (AvgIpc) is 3.38. The van der Waals surface area contributed by atoms with Crippen molar-refractivity contribution in [2.45, 2.75) is 5.16 Å². The number of rotatable bonds is 6. The molecule has 5 N–H and O–H groups in total. The maximum atomic E-state index is 12.3. The minimum Gasteiger partial charge on any atom is -0.459 e. The molecule has 0 unspecified atom stereocenters. The number of thiazole rings is 1. The highest BCUT2D eigenvalue weighted by Gasteiger charge is 2.16. The first kappa shape index (κ1) is 19.7. The zero-order valence-electron chi connectivity index (χ0n) is 15.2. The Balaban J connectivity index is 1.39. The first-order valence-electron chi connectivity index (χ1n) is 8.52. The summed E-state index contributed by atoms with van der Waals surface area (Å²) >= 11 is 2.36. The first-order valence-corrected chi connectivity index (χ1v) is 10.3. The van der Waals surface area contributed by atoms with Crippen LogP contribution in [0.4, 0.5) is 16.6 Å². The number of hydrogen-bond donors (Lipinski definition) is 4. The lowest BCUT2D eigenvalue weighted by Gasteiger charge is -2.07. The number of furan rings is 1. The third kappa shape index (κ3) is 4.34. The minimum absolute atomic E-state index is 0.0175. The van der Waals surface area contributed by atoms with Gasteiger partial charge in [0.1, 0.15) is 0 Å². The van der Waals surface area contributed by atoms with Crippen molar-refractivity contribution in [2.75, 3.05) is 22.1 Å². The van der Waals surface area contributed by atoms with Gasteiger partial charge in [-0.15, -0.1) is 0 Å². The lowest BCUT2D eigenvalue weighted by atomic mass is 10.3. The van der Waals surface area contributed by atoms with Crippen LogP contribution in [0.15, 0.2) is 57.0 Å². The van der Waals surface area contributed by atoms with Gasteiger partial charge in [-0.05, 0) is 24.3 Å². The number of nitrogens with one attached hydrogen (secondary N) is 3. The molecule has 152 valence electrons. The van der Waals surface area contributed by atoms with E-state index in [0.717, 1.165) is 22.0 Å². The summed E-state index contributed by atoms with van der Waals surface area (Å²) in [5.41, 5.74) is 5.76. The van der Waals surface area contributed by atoms with E-state index in [4.69, 9.17) is 10.2 Å². The number of carbonyl (C=O) groups excluding carboxylic acids is 2. The number of H-pyrrole nitrogens is 1. The van der Waals surface area contributed by atoms with Crippen molar-refractivity contribution >= 4 is 61.8 Å². The highest BCUT2D eigenvalue weighted by Crippen LogP contribution is 2.25. The Hall–Kier alpha value is -3.64. The quantitative estimate of drug-likeness (QED) is 0.262. The lowest BCUT2D eigenvalue weighted by Crippen LogP contribution is -2.23. The molecule has 0 atom stereocenters. The molecule has 0 saturated heterocycles. The topological polar surface area (TPSA) is 156 Å². The van der Waals surface area contributed by atoms with Crippen LogP contribution in [0, 0.1) is 0 Å². The molecule has 0 bridgehead atoms. The van der Waals surface area contributed by atoms with E-state index >= 15 is 0 Å². The molecule has 2 amide bonds. The number of anilines is 3. The Morgan fingerprint density at radius 1 is 1.17 bits per heavy atom. The van der Waals surface area contributed by atoms with Gasteiger partial charge in [0.25, 0.3) is 11.5 Å². The van der Waals surface area contributed by atoms with E-state index in [-0.39, 0.29) is 34.1 Å². The molecule has 0 saturated carbocycles. The van der Waals surface area contributed by atoms with Gasteiger partial charge < -0.3 is 20.8 Å². The number of nitrogens with zero attached hydrogens (tertiary/aromatic N) is 2. The molecule has 0 fully saturated rings. The maximum absolute atomic E-state index is 12.3. The molecule has 0 radical (unpaired) electrons. The number of carbonyl (C=O) groups is 2. The third-order valence-corrected chi connectivity index (χ3v) is 5.61. The Labute approximate surface area is 176 Å². The zero-order chi connectivity index (χ0) is 21.1. The van der Waals surface area contributed by atoms with Crippen LogP contribution in [0.2, 0.25) is 0 Å². The number of benzene rings is 1. The van der Waals surface area contributed by atoms with E-state index in [0.29, 0.717) is 5.13 Å². The van der Waals surface area contributed by atoms with E-state index in [2.05, 4.69) is 25.6 Å². The second kappa shape index (κ2) is 8.39. The molecule has 0 aliphatic heterocycles. The second-order valence-electron chi connectivity index (χ2n) is 5.89. The molecule has 0 spiro atoms. The van der Waals surface area contributed by atoms with Crippen LogP contribution in [-0.2, 0) is 4.79 Å². The predicted molar refractivity (Wildman–Crippen MR) is 115 cm³/mol. The van der Waals surface area contributed by atoms with E-state index < -0.39 is 11.5 Å². The molecule has 3 aromatic heterocycles. The highest BCUT2D eigenvalue weighted by atomic mass is 32.2. The first-order chi connectivity index (χ1) is 14.5. The standard InChI is InChI=1S/C18H14N6O4S2/c19-14-13(22-15(26)10-5-3-7-28-10)16(27)24-17(23-14)29-8-12(25)21-18-20-9-4-1-2-6-11(9)30-18/h1-7H,8H2,(H,22,26)(H,20,21,25)(H3,19,23,24,27). The van der Waals surface area contributed by atoms with E-state index in [1.165, 1.54) is 23.7 Å². The fraction of sp³-hybridized carbons (Fsp3) is 0.0556. The fourth-order valence-electron chi connectivity index (χ4n) is 2.46. The van der Waals surface area contributed by atoms with Crippen LogP contribution in [0.1, 0.15) is 10.6 Å². The normalized spacial score (nSPS) is 10.8. The van der Waals surface area contributed by atoms with Crippen molar-refractivity contribution in [1.29, 1.82) is 0 Å². The van der Waals surface area contributed by atoms with Gasteiger partial charge in [0.2, 0.25) is 5.91 Å². The van der Waals surface area contributed by atoms with Gasteiger partial charge >= 0.3 is 0 Å². The van der Waals surface area contributed by atoms with Crippen molar-refractivity contribution in [3.8, 4) is 0 Å². The number of aromatic nitrogens is 3. The number of fused-ring (bicyclic) bond motifs is 1. The number of aromatic amines is 1. The van der Waals surface area contributed by atoms with Crippen LogP contribution in [-0.4, -0.2) is 32.5 Å². The van der Waals surface area contributed by atoms with Crippen LogP contribution < -0.4 is 21.9 Å². The Kier molecular flexibility index (Phi) is 5.50. The summed E-state index contributed by atoms with van der Waals surface area (Å²) in [6.07, 6.45) is 1.33. The molecule has 10 nitrogen and oxygen atoms in total. The average molecular weight is 442 g/mol. The van der Waals surface area contributed by atoms with Gasteiger partial charge in [0, 0.05) is 0 Å². The van der Waals surface area contributed by atoms with Gasteiger partial charge in [-0.3, -0.25) is 19.4 Å². The molecule has 4 aromatic rings. The van der Waals surface area contributed by atoms with Gasteiger partial charge in [-0.1, -0.05) is 35.2 Å². The zero-order valence-corrected chi connectivity index (χ0v) is 16.8. The molecule has 0 aliphatic carbocycles. The Morgan fingerprint density at radius 3 is 2.73 bits per heavy atom. The van der Waals surface area contributed by atoms with Gasteiger partial charge in [-0.2, -0.15) is 0 Å². The summed E-state index contributed by atoms with van der Waals surface area (Å²) in [4.78, 5) is 47.3. The van der Waals surface area contributed by atoms with Crippen molar-refractivity contribution in [3.63, 3.8) is 0 Å². The number of hydrogen-bond acceptors (Lipinski definition) is 9. The molecule has 3 heterocycles. The molecule has 0 aliphatic rings. The molecular weight excluding hydrogens is 428 g/mol. The van der Waals surface area contributed by atoms with Gasteiger partial charge in [-0.25, -0.2) is 9.97 Å². The summed E-state index contributed by atoms with van der Waals surface area (Å²) in [5.74, 6) is -1.10. The Morgan fingerprint density at radius 2 is 2.00 bits per heavy atom. The number of nitrogens with two attached hydrogens (primary N) is 1. The second-order valence-corrected chi connectivity index (χ2v) is 7.88. The number of thioether (sulfide) groups is 1. The molecule has 30 heavy (non-hydrogen) atoms. The number of nitrogen functional groups attached to an aromatic ring is 1. The van der Waals surface area contributed by atoms with Crippen LogP contribution in [0.3, 0.4) is 0 Å². The van der Waals surface area contributed by atoms with Crippen LogP contribution >= 0.6 is 23.1 Å². The highest BCUT2D eigenvalue weighted by molar-refractivity contribution is 7.99. The summed E-state index contributed by atoms with van der Waals surface area (Å²) in [7, 11) is 0. The largest absolute Gasteiger partial charge is 0.459 e. The summed E-state index contributed by atoms with van der Waals surface area (Å²) in [5, 5.41) is 5.70. The van der Waals surface area contributed by atoms with Crippen LogP contribution in [0.25, 0.3) is 10.2 Å². The fourth-order valence-corrected chi connectivity index (χ4v) is 4.01. The van der Waals surface area contributed by atoms with E-state index in [9.17, 15) is 14.4 Å². The van der Waals surface area contributed by atoms with Crippen molar-refractivity contribution < 1.29 is 14.0 Å². The van der Waals surface area contributed by atoms with Gasteiger partial charge in [0.15, 0.2) is 27.6 Å². The summed E-state index contributed by atoms with van der Waals surface area (Å²) in [6.45, 7) is 0.